The quantitative estimate of drug-likeness (QED) is 0.719. The van der Waals surface area contributed by atoms with Crippen LogP contribution in [-0.4, -0.2) is 18.6 Å². The molecule has 13 heavy (non-hydrogen) atoms. The molecule has 0 spiro atoms. The lowest BCUT2D eigenvalue weighted by Crippen LogP contribution is -2.28. The molecular formula is C9H9NO3. The summed E-state index contributed by atoms with van der Waals surface area (Å²) in [4.78, 5) is 15.7. The Balaban J connectivity index is 2.02. The Morgan fingerprint density at radius 1 is 1.38 bits per heavy atom. The van der Waals surface area contributed by atoms with Gasteiger partial charge in [0.2, 0.25) is 6.10 Å². The number of para-hydroxylation sites is 1. The van der Waals surface area contributed by atoms with Crippen LogP contribution in [0, 0.1) is 0 Å². The first-order valence-corrected chi connectivity index (χ1v) is 3.99. The standard InChI is InChI=1S/C9H9NO3/c11-9-8(6-12-10-9)13-7-4-2-1-3-5-7/h1-5,8H,6H2,(H,10,11). The molecule has 1 unspecified atom stereocenters. The lowest BCUT2D eigenvalue weighted by atomic mass is 10.3. The van der Waals surface area contributed by atoms with Crippen molar-refractivity contribution in [2.75, 3.05) is 6.61 Å². The highest BCUT2D eigenvalue weighted by Crippen LogP contribution is 2.12. The van der Waals surface area contributed by atoms with E-state index in [4.69, 9.17) is 9.57 Å². The number of hydrogen-bond acceptors (Lipinski definition) is 3. The third-order valence-corrected chi connectivity index (χ3v) is 1.72. The first-order valence-electron chi connectivity index (χ1n) is 3.99. The maximum atomic E-state index is 11.0. The van der Waals surface area contributed by atoms with E-state index in [1.807, 2.05) is 18.2 Å². The third-order valence-electron chi connectivity index (χ3n) is 1.72. The zero-order chi connectivity index (χ0) is 9.10. The van der Waals surface area contributed by atoms with Gasteiger partial charge in [-0.3, -0.25) is 9.63 Å². The van der Waals surface area contributed by atoms with Crippen LogP contribution in [0.2, 0.25) is 0 Å². The fourth-order valence-electron chi connectivity index (χ4n) is 1.08. The van der Waals surface area contributed by atoms with E-state index in [2.05, 4.69) is 5.48 Å². The molecule has 4 heteroatoms. The smallest absolute Gasteiger partial charge is 0.287 e. The molecule has 1 N–H and O–H groups in total. The predicted molar refractivity (Wildman–Crippen MR) is 45.0 cm³/mol. The number of benzene rings is 1. The summed E-state index contributed by atoms with van der Waals surface area (Å²) < 4.78 is 5.35. The second kappa shape index (κ2) is 3.45. The molecule has 1 fully saturated rings. The summed E-state index contributed by atoms with van der Waals surface area (Å²) in [6.07, 6.45) is -0.526. The Morgan fingerprint density at radius 2 is 2.15 bits per heavy atom. The van der Waals surface area contributed by atoms with E-state index in [0.29, 0.717) is 5.75 Å². The van der Waals surface area contributed by atoms with Gasteiger partial charge in [-0.15, -0.1) is 0 Å². The molecule has 1 aliphatic heterocycles. The molecule has 68 valence electrons. The lowest BCUT2D eigenvalue weighted by molar-refractivity contribution is -0.127. The molecule has 1 atom stereocenters. The molecule has 0 saturated carbocycles. The van der Waals surface area contributed by atoms with E-state index >= 15 is 0 Å². The van der Waals surface area contributed by atoms with E-state index in [1.54, 1.807) is 12.1 Å². The molecule has 1 heterocycles. The van der Waals surface area contributed by atoms with Crippen molar-refractivity contribution < 1.29 is 14.4 Å². The zero-order valence-corrected chi connectivity index (χ0v) is 6.90. The van der Waals surface area contributed by atoms with Gasteiger partial charge in [-0.2, -0.15) is 0 Å². The van der Waals surface area contributed by atoms with Crippen LogP contribution in [0.25, 0.3) is 0 Å². The molecular weight excluding hydrogens is 170 g/mol. The molecule has 0 aliphatic carbocycles. The number of nitrogens with one attached hydrogen (secondary N) is 1. The summed E-state index contributed by atoms with van der Waals surface area (Å²) in [5.74, 6) is 0.442. The molecule has 1 amide bonds. The third kappa shape index (κ3) is 1.78. The predicted octanol–water partition coefficient (Wildman–Crippen LogP) is 0.495. The molecule has 1 aromatic rings. The van der Waals surface area contributed by atoms with Crippen molar-refractivity contribution in [1.29, 1.82) is 0 Å². The van der Waals surface area contributed by atoms with E-state index in [-0.39, 0.29) is 12.5 Å². The number of ether oxygens (including phenoxy) is 1. The molecule has 4 nitrogen and oxygen atoms in total. The normalized spacial score (nSPS) is 21.2. The number of carbonyl (C=O) groups is 1. The minimum Gasteiger partial charge on any atom is -0.478 e. The molecule has 0 aromatic heterocycles. The Morgan fingerprint density at radius 3 is 2.77 bits per heavy atom. The van der Waals surface area contributed by atoms with E-state index in [0.717, 1.165) is 0 Å². The second-order valence-electron chi connectivity index (χ2n) is 2.70. The monoisotopic (exact) mass is 179 g/mol. The topological polar surface area (TPSA) is 47.6 Å². The van der Waals surface area contributed by atoms with Crippen LogP contribution in [0.5, 0.6) is 5.75 Å². The summed E-state index contributed by atoms with van der Waals surface area (Å²) in [5.41, 5.74) is 2.23. The van der Waals surface area contributed by atoms with Crippen molar-refractivity contribution >= 4 is 5.91 Å². The van der Waals surface area contributed by atoms with Gasteiger partial charge in [-0.05, 0) is 12.1 Å². The SMILES string of the molecule is O=C1NOCC1Oc1ccccc1. The maximum Gasteiger partial charge on any atom is 0.287 e. The number of hydrogen-bond donors (Lipinski definition) is 1. The number of rotatable bonds is 2. The molecule has 0 radical (unpaired) electrons. The second-order valence-corrected chi connectivity index (χ2v) is 2.70. The highest BCUT2D eigenvalue weighted by molar-refractivity contribution is 5.81. The van der Waals surface area contributed by atoms with Crippen molar-refractivity contribution in [3.05, 3.63) is 30.3 Å². The van der Waals surface area contributed by atoms with E-state index in [1.165, 1.54) is 0 Å². The van der Waals surface area contributed by atoms with Crippen LogP contribution < -0.4 is 10.2 Å². The summed E-state index contributed by atoms with van der Waals surface area (Å²) in [7, 11) is 0. The number of amides is 1. The minimum atomic E-state index is -0.526. The summed E-state index contributed by atoms with van der Waals surface area (Å²) in [5, 5.41) is 0. The maximum absolute atomic E-state index is 11.0. The number of carbonyl (C=O) groups excluding carboxylic acids is 1. The van der Waals surface area contributed by atoms with Gasteiger partial charge in [0.1, 0.15) is 12.4 Å². The van der Waals surface area contributed by atoms with Crippen molar-refractivity contribution in [2.45, 2.75) is 6.10 Å². The van der Waals surface area contributed by atoms with E-state index < -0.39 is 6.10 Å². The van der Waals surface area contributed by atoms with Crippen LogP contribution in [0.15, 0.2) is 30.3 Å². The summed E-state index contributed by atoms with van der Waals surface area (Å²) in [6.45, 7) is 0.258. The van der Waals surface area contributed by atoms with Gasteiger partial charge in [0, 0.05) is 0 Å². The Bertz CT molecular complexity index is 299. The van der Waals surface area contributed by atoms with Crippen molar-refractivity contribution in [2.24, 2.45) is 0 Å². The highest BCUT2D eigenvalue weighted by atomic mass is 16.7. The van der Waals surface area contributed by atoms with Crippen LogP contribution >= 0.6 is 0 Å². The van der Waals surface area contributed by atoms with Crippen LogP contribution in [0.4, 0.5) is 0 Å². The average Bonchev–Trinajstić information content (AvgIpc) is 2.54. The molecule has 2 rings (SSSR count). The fraction of sp³-hybridized carbons (Fsp3) is 0.222. The molecule has 1 aromatic carbocycles. The van der Waals surface area contributed by atoms with Crippen LogP contribution in [0.3, 0.4) is 0 Å². The first-order chi connectivity index (χ1) is 6.36. The molecule has 1 aliphatic rings. The van der Waals surface area contributed by atoms with Gasteiger partial charge in [0.25, 0.3) is 5.91 Å². The van der Waals surface area contributed by atoms with Crippen molar-refractivity contribution in [1.82, 2.24) is 5.48 Å². The van der Waals surface area contributed by atoms with Gasteiger partial charge < -0.3 is 4.74 Å². The Hall–Kier alpha value is -1.55. The van der Waals surface area contributed by atoms with Crippen LogP contribution in [-0.2, 0) is 9.63 Å². The van der Waals surface area contributed by atoms with Gasteiger partial charge in [0.15, 0.2) is 0 Å². The Labute approximate surface area is 75.4 Å². The van der Waals surface area contributed by atoms with Crippen molar-refractivity contribution in [3.63, 3.8) is 0 Å². The largest absolute Gasteiger partial charge is 0.478 e. The average molecular weight is 179 g/mol. The minimum absolute atomic E-state index is 0.233. The molecule has 1 saturated heterocycles. The summed E-state index contributed by atoms with van der Waals surface area (Å²) >= 11 is 0. The fourth-order valence-corrected chi connectivity index (χ4v) is 1.08. The van der Waals surface area contributed by atoms with Gasteiger partial charge in [-0.1, -0.05) is 18.2 Å². The van der Waals surface area contributed by atoms with Gasteiger partial charge in [0.05, 0.1) is 0 Å². The number of hydroxylamine groups is 1. The first kappa shape index (κ1) is 8.07. The van der Waals surface area contributed by atoms with Gasteiger partial charge in [-0.25, -0.2) is 5.48 Å². The zero-order valence-electron chi connectivity index (χ0n) is 6.90. The van der Waals surface area contributed by atoms with Crippen molar-refractivity contribution in [3.8, 4) is 5.75 Å². The summed E-state index contributed by atoms with van der Waals surface area (Å²) in [6, 6.07) is 9.18. The Kier molecular flexibility index (Phi) is 2.14. The van der Waals surface area contributed by atoms with Gasteiger partial charge >= 0.3 is 0 Å². The molecule has 0 bridgehead atoms. The highest BCUT2D eigenvalue weighted by Gasteiger charge is 2.27. The lowest BCUT2D eigenvalue weighted by Gasteiger charge is -2.08. The van der Waals surface area contributed by atoms with Crippen LogP contribution in [0.1, 0.15) is 0 Å². The van der Waals surface area contributed by atoms with E-state index in [9.17, 15) is 4.79 Å².